The van der Waals surface area contributed by atoms with Crippen molar-refractivity contribution in [3.8, 4) is 11.4 Å². The zero-order valence-corrected chi connectivity index (χ0v) is 14.3. The van der Waals surface area contributed by atoms with Gasteiger partial charge < -0.3 is 9.88 Å². The molecule has 3 rings (SSSR count). The van der Waals surface area contributed by atoms with Crippen molar-refractivity contribution >= 4 is 5.91 Å². The van der Waals surface area contributed by atoms with Gasteiger partial charge in [-0.3, -0.25) is 4.79 Å². The Bertz CT molecular complexity index is 867. The van der Waals surface area contributed by atoms with E-state index in [2.05, 4.69) is 33.6 Å². The molecule has 0 unspecified atom stereocenters. The van der Waals surface area contributed by atoms with E-state index in [0.717, 1.165) is 17.1 Å². The number of benzene rings is 2. The van der Waals surface area contributed by atoms with Gasteiger partial charge in [-0.2, -0.15) is 0 Å². The fourth-order valence-electron chi connectivity index (χ4n) is 2.63. The molecule has 4 nitrogen and oxygen atoms in total. The summed E-state index contributed by atoms with van der Waals surface area (Å²) in [6, 6.07) is 20.3. The van der Waals surface area contributed by atoms with Gasteiger partial charge in [0.05, 0.1) is 18.4 Å². The predicted molar refractivity (Wildman–Crippen MR) is 99.9 cm³/mol. The van der Waals surface area contributed by atoms with E-state index < -0.39 is 0 Å². The molecule has 1 heterocycles. The standard InChI is InChI=1S/C21H21N3O/c1-16(2)21(25)23-14-19-13-22-20(18-11-7-4-8-12-18)24(19)15-17-9-5-3-6-10-17/h3-13H,1,14-15H2,2H3,(H,23,25). The Morgan fingerprint density at radius 2 is 1.72 bits per heavy atom. The van der Waals surface area contributed by atoms with Crippen LogP contribution in [0.1, 0.15) is 18.2 Å². The molecule has 0 saturated carbocycles. The summed E-state index contributed by atoms with van der Waals surface area (Å²) in [5.41, 5.74) is 3.69. The second-order valence-corrected chi connectivity index (χ2v) is 5.97. The van der Waals surface area contributed by atoms with E-state index in [0.29, 0.717) is 18.7 Å². The number of hydrogen-bond donors (Lipinski definition) is 1. The van der Waals surface area contributed by atoms with Crippen molar-refractivity contribution in [1.29, 1.82) is 0 Å². The van der Waals surface area contributed by atoms with Crippen LogP contribution >= 0.6 is 0 Å². The Morgan fingerprint density at radius 1 is 1.08 bits per heavy atom. The third-order valence-electron chi connectivity index (χ3n) is 3.97. The summed E-state index contributed by atoms with van der Waals surface area (Å²) in [5, 5.41) is 2.89. The molecule has 0 spiro atoms. The van der Waals surface area contributed by atoms with Crippen LogP contribution in [0.4, 0.5) is 0 Å². The quantitative estimate of drug-likeness (QED) is 0.699. The highest BCUT2D eigenvalue weighted by Gasteiger charge is 2.13. The summed E-state index contributed by atoms with van der Waals surface area (Å²) in [5.74, 6) is 0.748. The van der Waals surface area contributed by atoms with Crippen molar-refractivity contribution in [2.45, 2.75) is 20.0 Å². The first-order chi connectivity index (χ1) is 12.1. The predicted octanol–water partition coefficient (Wildman–Crippen LogP) is 3.79. The van der Waals surface area contributed by atoms with Crippen molar-refractivity contribution in [2.24, 2.45) is 0 Å². The fourth-order valence-corrected chi connectivity index (χ4v) is 2.63. The average molecular weight is 331 g/mol. The molecular formula is C21H21N3O. The van der Waals surface area contributed by atoms with E-state index in [1.165, 1.54) is 5.56 Å². The van der Waals surface area contributed by atoms with E-state index in [9.17, 15) is 4.79 Å². The maximum atomic E-state index is 11.8. The van der Waals surface area contributed by atoms with Gasteiger partial charge in [0.1, 0.15) is 5.82 Å². The molecule has 0 bridgehead atoms. The van der Waals surface area contributed by atoms with Gasteiger partial charge >= 0.3 is 0 Å². The lowest BCUT2D eigenvalue weighted by atomic mass is 10.2. The summed E-state index contributed by atoms with van der Waals surface area (Å²) < 4.78 is 2.14. The van der Waals surface area contributed by atoms with Crippen LogP contribution in [-0.4, -0.2) is 15.5 Å². The lowest BCUT2D eigenvalue weighted by Crippen LogP contribution is -2.24. The van der Waals surface area contributed by atoms with Crippen LogP contribution in [0, 0.1) is 0 Å². The maximum absolute atomic E-state index is 11.8. The molecule has 1 amide bonds. The summed E-state index contributed by atoms with van der Waals surface area (Å²) in [4.78, 5) is 16.4. The van der Waals surface area contributed by atoms with Crippen LogP contribution in [0.5, 0.6) is 0 Å². The van der Waals surface area contributed by atoms with E-state index in [-0.39, 0.29) is 5.91 Å². The monoisotopic (exact) mass is 331 g/mol. The van der Waals surface area contributed by atoms with Gasteiger partial charge in [-0.1, -0.05) is 67.2 Å². The van der Waals surface area contributed by atoms with E-state index in [4.69, 9.17) is 0 Å². The summed E-state index contributed by atoms with van der Waals surface area (Å²) in [6.45, 7) is 6.49. The SMILES string of the molecule is C=C(C)C(=O)NCc1cnc(-c2ccccc2)n1Cc1ccccc1. The summed E-state index contributed by atoms with van der Waals surface area (Å²) in [7, 11) is 0. The molecule has 25 heavy (non-hydrogen) atoms. The highest BCUT2D eigenvalue weighted by molar-refractivity contribution is 5.91. The molecule has 1 N–H and O–H groups in total. The third kappa shape index (κ3) is 4.04. The van der Waals surface area contributed by atoms with Crippen LogP contribution in [0.3, 0.4) is 0 Å². The summed E-state index contributed by atoms with van der Waals surface area (Å²) in [6.07, 6.45) is 1.82. The number of nitrogens with one attached hydrogen (secondary N) is 1. The van der Waals surface area contributed by atoms with Crippen molar-refractivity contribution in [1.82, 2.24) is 14.9 Å². The van der Waals surface area contributed by atoms with Gasteiger partial charge in [0.2, 0.25) is 5.91 Å². The molecule has 126 valence electrons. The van der Waals surface area contributed by atoms with Crippen LogP contribution in [0.2, 0.25) is 0 Å². The van der Waals surface area contributed by atoms with Crippen molar-refractivity contribution < 1.29 is 4.79 Å². The zero-order valence-electron chi connectivity index (χ0n) is 14.3. The van der Waals surface area contributed by atoms with Crippen LogP contribution < -0.4 is 5.32 Å². The molecule has 0 radical (unpaired) electrons. The Kier molecular flexibility index (Phi) is 5.09. The van der Waals surface area contributed by atoms with Crippen molar-refractivity contribution in [2.75, 3.05) is 0 Å². The highest BCUT2D eigenvalue weighted by Crippen LogP contribution is 2.21. The lowest BCUT2D eigenvalue weighted by Gasteiger charge is -2.13. The number of rotatable bonds is 6. The fraction of sp³-hybridized carbons (Fsp3) is 0.143. The van der Waals surface area contributed by atoms with Crippen molar-refractivity contribution in [3.63, 3.8) is 0 Å². The maximum Gasteiger partial charge on any atom is 0.246 e. The molecule has 0 aliphatic carbocycles. The number of nitrogens with zero attached hydrogens (tertiary/aromatic N) is 2. The number of carbonyl (C=O) groups excluding carboxylic acids is 1. The first-order valence-corrected chi connectivity index (χ1v) is 8.22. The Labute approximate surface area is 147 Å². The normalized spacial score (nSPS) is 10.4. The van der Waals surface area contributed by atoms with E-state index in [1.807, 2.05) is 54.7 Å². The molecule has 0 aliphatic rings. The molecule has 1 aromatic heterocycles. The van der Waals surface area contributed by atoms with E-state index in [1.54, 1.807) is 6.92 Å². The Balaban J connectivity index is 1.93. The van der Waals surface area contributed by atoms with Crippen LogP contribution in [0.25, 0.3) is 11.4 Å². The molecule has 0 atom stereocenters. The minimum absolute atomic E-state index is 0.145. The van der Waals surface area contributed by atoms with Gasteiger partial charge in [-0.05, 0) is 12.5 Å². The first-order valence-electron chi connectivity index (χ1n) is 8.22. The Morgan fingerprint density at radius 3 is 2.36 bits per heavy atom. The summed E-state index contributed by atoms with van der Waals surface area (Å²) >= 11 is 0. The first kappa shape index (κ1) is 16.7. The molecule has 0 saturated heterocycles. The number of amides is 1. The second-order valence-electron chi connectivity index (χ2n) is 5.97. The number of carbonyl (C=O) groups is 1. The van der Waals surface area contributed by atoms with Gasteiger partial charge in [0.25, 0.3) is 0 Å². The molecular weight excluding hydrogens is 310 g/mol. The molecule has 3 aromatic rings. The van der Waals surface area contributed by atoms with Crippen LogP contribution in [0.15, 0.2) is 79.0 Å². The molecule has 0 fully saturated rings. The van der Waals surface area contributed by atoms with Crippen molar-refractivity contribution in [3.05, 3.63) is 90.3 Å². The minimum Gasteiger partial charge on any atom is -0.347 e. The minimum atomic E-state index is -0.145. The second kappa shape index (κ2) is 7.62. The van der Waals surface area contributed by atoms with Gasteiger partial charge in [-0.15, -0.1) is 0 Å². The molecule has 4 heteroatoms. The van der Waals surface area contributed by atoms with E-state index >= 15 is 0 Å². The highest BCUT2D eigenvalue weighted by atomic mass is 16.1. The Hall–Kier alpha value is -3.14. The number of hydrogen-bond acceptors (Lipinski definition) is 2. The zero-order chi connectivity index (χ0) is 17.6. The molecule has 0 aliphatic heterocycles. The van der Waals surface area contributed by atoms with Gasteiger partial charge in [0, 0.05) is 17.7 Å². The van der Waals surface area contributed by atoms with Gasteiger partial charge in [0.15, 0.2) is 0 Å². The third-order valence-corrected chi connectivity index (χ3v) is 3.97. The largest absolute Gasteiger partial charge is 0.347 e. The lowest BCUT2D eigenvalue weighted by molar-refractivity contribution is -0.117. The number of aromatic nitrogens is 2. The topological polar surface area (TPSA) is 46.9 Å². The van der Waals surface area contributed by atoms with Crippen LogP contribution in [-0.2, 0) is 17.9 Å². The molecule has 2 aromatic carbocycles. The van der Waals surface area contributed by atoms with Gasteiger partial charge in [-0.25, -0.2) is 4.98 Å². The number of imidazole rings is 1. The average Bonchev–Trinajstić information content (AvgIpc) is 3.03. The smallest absolute Gasteiger partial charge is 0.246 e.